The van der Waals surface area contributed by atoms with Gasteiger partial charge in [0.05, 0.1) is 0 Å². The lowest BCUT2D eigenvalue weighted by Gasteiger charge is -2.13. The van der Waals surface area contributed by atoms with Crippen LogP contribution in [-0.2, 0) is 0 Å². The SMILES string of the molecule is CCC(CCN)c1cccc(O)c1. The van der Waals surface area contributed by atoms with Crippen LogP contribution in [0.15, 0.2) is 24.3 Å². The van der Waals surface area contributed by atoms with Gasteiger partial charge in [-0.2, -0.15) is 0 Å². The van der Waals surface area contributed by atoms with E-state index < -0.39 is 0 Å². The van der Waals surface area contributed by atoms with Crippen LogP contribution in [0.5, 0.6) is 5.75 Å². The van der Waals surface area contributed by atoms with Gasteiger partial charge in [-0.1, -0.05) is 19.1 Å². The molecule has 0 heterocycles. The molecule has 0 amide bonds. The predicted molar refractivity (Wildman–Crippen MR) is 54.8 cm³/mol. The van der Waals surface area contributed by atoms with Gasteiger partial charge < -0.3 is 10.8 Å². The van der Waals surface area contributed by atoms with Crippen molar-refractivity contribution in [1.82, 2.24) is 0 Å². The summed E-state index contributed by atoms with van der Waals surface area (Å²) in [6, 6.07) is 7.44. The minimum atomic E-state index is 0.341. The Morgan fingerprint density at radius 3 is 2.77 bits per heavy atom. The van der Waals surface area contributed by atoms with Crippen molar-refractivity contribution >= 4 is 0 Å². The van der Waals surface area contributed by atoms with Gasteiger partial charge in [0.25, 0.3) is 0 Å². The Labute approximate surface area is 79.4 Å². The van der Waals surface area contributed by atoms with Crippen molar-refractivity contribution < 1.29 is 5.11 Å². The summed E-state index contributed by atoms with van der Waals surface area (Å²) in [7, 11) is 0. The molecule has 1 aromatic carbocycles. The maximum atomic E-state index is 9.29. The molecule has 0 aromatic heterocycles. The minimum absolute atomic E-state index is 0.341. The molecule has 13 heavy (non-hydrogen) atoms. The van der Waals surface area contributed by atoms with E-state index >= 15 is 0 Å². The maximum absolute atomic E-state index is 9.29. The molecule has 1 rings (SSSR count). The first-order chi connectivity index (χ1) is 6.27. The number of phenolic OH excluding ortho intramolecular Hbond substituents is 1. The van der Waals surface area contributed by atoms with Crippen LogP contribution in [0, 0.1) is 0 Å². The molecule has 0 saturated carbocycles. The molecule has 72 valence electrons. The summed E-state index contributed by atoms with van der Waals surface area (Å²) in [5.41, 5.74) is 6.71. The summed E-state index contributed by atoms with van der Waals surface area (Å²) in [5.74, 6) is 0.824. The second kappa shape index (κ2) is 4.87. The van der Waals surface area contributed by atoms with Crippen molar-refractivity contribution in [2.45, 2.75) is 25.7 Å². The van der Waals surface area contributed by atoms with Gasteiger partial charge in [-0.3, -0.25) is 0 Å². The highest BCUT2D eigenvalue weighted by Gasteiger charge is 2.07. The average Bonchev–Trinajstić information content (AvgIpc) is 2.14. The third-order valence-electron chi connectivity index (χ3n) is 2.35. The molecule has 3 N–H and O–H groups in total. The monoisotopic (exact) mass is 179 g/mol. The molecule has 1 atom stereocenters. The summed E-state index contributed by atoms with van der Waals surface area (Å²) in [6.45, 7) is 2.85. The van der Waals surface area contributed by atoms with Crippen LogP contribution in [0.2, 0.25) is 0 Å². The molecule has 1 aromatic rings. The van der Waals surface area contributed by atoms with Gasteiger partial charge in [-0.25, -0.2) is 0 Å². The summed E-state index contributed by atoms with van der Waals surface area (Å²) >= 11 is 0. The van der Waals surface area contributed by atoms with E-state index in [0.717, 1.165) is 12.8 Å². The molecular formula is C11H17NO. The molecule has 0 aliphatic heterocycles. The molecule has 0 aliphatic carbocycles. The lowest BCUT2D eigenvalue weighted by atomic mass is 9.93. The highest BCUT2D eigenvalue weighted by atomic mass is 16.3. The molecule has 0 saturated heterocycles. The van der Waals surface area contributed by atoms with Gasteiger partial charge in [0.15, 0.2) is 0 Å². The van der Waals surface area contributed by atoms with Gasteiger partial charge in [-0.05, 0) is 43.0 Å². The highest BCUT2D eigenvalue weighted by molar-refractivity contribution is 5.29. The topological polar surface area (TPSA) is 46.2 Å². The van der Waals surface area contributed by atoms with E-state index in [2.05, 4.69) is 6.92 Å². The molecule has 0 bridgehead atoms. The van der Waals surface area contributed by atoms with E-state index in [9.17, 15) is 5.11 Å². The first-order valence-corrected chi connectivity index (χ1v) is 4.77. The Balaban J connectivity index is 2.78. The molecule has 2 nitrogen and oxygen atoms in total. The normalized spacial score (nSPS) is 12.8. The Kier molecular flexibility index (Phi) is 3.77. The van der Waals surface area contributed by atoms with Crippen molar-refractivity contribution in [3.8, 4) is 5.75 Å². The zero-order valence-electron chi connectivity index (χ0n) is 8.03. The largest absolute Gasteiger partial charge is 0.508 e. The Morgan fingerprint density at radius 1 is 1.46 bits per heavy atom. The summed E-state index contributed by atoms with van der Waals surface area (Å²) in [6.07, 6.45) is 2.06. The Morgan fingerprint density at radius 2 is 2.23 bits per heavy atom. The standard InChI is InChI=1S/C11H17NO/c1-2-9(6-7-12)10-4-3-5-11(13)8-10/h3-5,8-9,13H,2,6-7,12H2,1H3. The van der Waals surface area contributed by atoms with Crippen molar-refractivity contribution in [2.75, 3.05) is 6.54 Å². The number of hydrogen-bond donors (Lipinski definition) is 2. The molecule has 2 heteroatoms. The van der Waals surface area contributed by atoms with Crippen LogP contribution in [0.3, 0.4) is 0 Å². The number of nitrogens with two attached hydrogens (primary N) is 1. The molecule has 1 unspecified atom stereocenters. The fourth-order valence-electron chi connectivity index (χ4n) is 1.59. The van der Waals surface area contributed by atoms with Gasteiger partial charge in [-0.15, -0.1) is 0 Å². The fourth-order valence-corrected chi connectivity index (χ4v) is 1.59. The zero-order chi connectivity index (χ0) is 9.68. The quantitative estimate of drug-likeness (QED) is 0.744. The minimum Gasteiger partial charge on any atom is -0.508 e. The second-order valence-electron chi connectivity index (χ2n) is 3.28. The smallest absolute Gasteiger partial charge is 0.115 e. The van der Waals surface area contributed by atoms with Gasteiger partial charge in [0.1, 0.15) is 5.75 Å². The van der Waals surface area contributed by atoms with Gasteiger partial charge in [0, 0.05) is 0 Å². The maximum Gasteiger partial charge on any atom is 0.115 e. The predicted octanol–water partition coefficient (Wildman–Crippen LogP) is 2.23. The van der Waals surface area contributed by atoms with E-state index in [1.807, 2.05) is 18.2 Å². The van der Waals surface area contributed by atoms with E-state index in [-0.39, 0.29) is 0 Å². The number of benzene rings is 1. The zero-order valence-corrected chi connectivity index (χ0v) is 8.03. The third-order valence-corrected chi connectivity index (χ3v) is 2.35. The first kappa shape index (κ1) is 10.1. The Hall–Kier alpha value is -1.02. The lowest BCUT2D eigenvalue weighted by Crippen LogP contribution is -2.06. The lowest BCUT2D eigenvalue weighted by molar-refractivity contribution is 0.473. The van der Waals surface area contributed by atoms with Gasteiger partial charge in [0.2, 0.25) is 0 Å². The van der Waals surface area contributed by atoms with Crippen LogP contribution in [0.1, 0.15) is 31.2 Å². The van der Waals surface area contributed by atoms with Crippen LogP contribution < -0.4 is 5.73 Å². The molecule has 0 fully saturated rings. The van der Waals surface area contributed by atoms with E-state index in [1.54, 1.807) is 6.07 Å². The van der Waals surface area contributed by atoms with Crippen molar-refractivity contribution in [3.63, 3.8) is 0 Å². The average molecular weight is 179 g/mol. The molecule has 0 aliphatic rings. The van der Waals surface area contributed by atoms with Gasteiger partial charge >= 0.3 is 0 Å². The van der Waals surface area contributed by atoms with Crippen LogP contribution in [-0.4, -0.2) is 11.7 Å². The number of phenols is 1. The summed E-state index contributed by atoms with van der Waals surface area (Å²) in [4.78, 5) is 0. The molecular weight excluding hydrogens is 162 g/mol. The van der Waals surface area contributed by atoms with Crippen LogP contribution in [0.4, 0.5) is 0 Å². The van der Waals surface area contributed by atoms with Crippen molar-refractivity contribution in [3.05, 3.63) is 29.8 Å². The van der Waals surface area contributed by atoms with Crippen LogP contribution in [0.25, 0.3) is 0 Å². The van der Waals surface area contributed by atoms with E-state index in [1.165, 1.54) is 5.56 Å². The summed E-state index contributed by atoms with van der Waals surface area (Å²) in [5, 5.41) is 9.29. The van der Waals surface area contributed by atoms with Crippen molar-refractivity contribution in [1.29, 1.82) is 0 Å². The fraction of sp³-hybridized carbons (Fsp3) is 0.455. The van der Waals surface area contributed by atoms with E-state index in [4.69, 9.17) is 5.73 Å². The Bertz CT molecular complexity index is 260. The number of rotatable bonds is 4. The first-order valence-electron chi connectivity index (χ1n) is 4.77. The molecule has 0 radical (unpaired) electrons. The van der Waals surface area contributed by atoms with E-state index in [0.29, 0.717) is 18.2 Å². The number of hydrogen-bond acceptors (Lipinski definition) is 2. The molecule has 0 spiro atoms. The summed E-state index contributed by atoms with van der Waals surface area (Å²) < 4.78 is 0. The van der Waals surface area contributed by atoms with Crippen LogP contribution >= 0.6 is 0 Å². The van der Waals surface area contributed by atoms with Crippen molar-refractivity contribution in [2.24, 2.45) is 5.73 Å². The third kappa shape index (κ3) is 2.74. The second-order valence-corrected chi connectivity index (χ2v) is 3.28. The number of aromatic hydroxyl groups is 1. The highest BCUT2D eigenvalue weighted by Crippen LogP contribution is 2.25.